The maximum Gasteiger partial charge on any atom is 0.306 e. The van der Waals surface area contributed by atoms with Crippen molar-refractivity contribution in [2.24, 2.45) is 52.3 Å². The molecule has 7 aliphatic rings. The molecule has 5 saturated carbocycles. The first-order valence-corrected chi connectivity index (χ1v) is 11.4. The van der Waals surface area contributed by atoms with E-state index in [0.717, 1.165) is 48.9 Å². The molecule has 4 unspecified atom stereocenters. The third-order valence-corrected chi connectivity index (χ3v) is 10.9. The molecule has 0 aromatic carbocycles. The van der Waals surface area contributed by atoms with Gasteiger partial charge in [0, 0.05) is 24.2 Å². The van der Waals surface area contributed by atoms with Gasteiger partial charge in [-0.1, -0.05) is 19.4 Å². The van der Waals surface area contributed by atoms with Crippen molar-refractivity contribution in [1.29, 1.82) is 0 Å². The highest BCUT2D eigenvalue weighted by Crippen LogP contribution is 2.82. The van der Waals surface area contributed by atoms with Gasteiger partial charge < -0.3 is 4.74 Å². The van der Waals surface area contributed by atoms with E-state index in [4.69, 9.17) is 4.74 Å². The molecule has 1 saturated heterocycles. The molecule has 0 bridgehead atoms. The van der Waals surface area contributed by atoms with Gasteiger partial charge in [0.2, 0.25) is 0 Å². The minimum absolute atomic E-state index is 0.0561. The Morgan fingerprint density at radius 1 is 1.00 bits per heavy atom. The van der Waals surface area contributed by atoms with Crippen molar-refractivity contribution in [1.82, 2.24) is 0 Å². The first-order valence-electron chi connectivity index (χ1n) is 11.4. The minimum atomic E-state index is -0.131. The zero-order valence-corrected chi connectivity index (χ0v) is 16.5. The van der Waals surface area contributed by atoms with Crippen LogP contribution >= 0.6 is 0 Å². The molecule has 6 aliphatic carbocycles. The lowest BCUT2D eigenvalue weighted by Gasteiger charge is -2.60. The molecule has 7 rings (SSSR count). The summed E-state index contributed by atoms with van der Waals surface area (Å²) in [4.78, 5) is 24.3. The zero-order valence-electron chi connectivity index (χ0n) is 16.5. The highest BCUT2D eigenvalue weighted by atomic mass is 16.6. The van der Waals surface area contributed by atoms with E-state index in [1.807, 2.05) is 0 Å². The largest absolute Gasteiger partial charge is 0.458 e. The molecule has 1 spiro atoms. The molecule has 3 nitrogen and oxygen atoms in total. The number of allylic oxidation sites excluding steroid dienone is 1. The maximum atomic E-state index is 12.2. The van der Waals surface area contributed by atoms with Crippen molar-refractivity contribution >= 4 is 11.8 Å². The van der Waals surface area contributed by atoms with Crippen LogP contribution in [0.5, 0.6) is 0 Å². The van der Waals surface area contributed by atoms with Gasteiger partial charge in [0.25, 0.3) is 0 Å². The maximum absolute atomic E-state index is 12.2. The van der Waals surface area contributed by atoms with Crippen molar-refractivity contribution in [2.45, 2.75) is 70.8 Å². The Hall–Kier alpha value is -1.12. The number of hydrogen-bond donors (Lipinski definition) is 0. The Kier molecular flexibility index (Phi) is 2.56. The third kappa shape index (κ3) is 1.58. The van der Waals surface area contributed by atoms with E-state index in [2.05, 4.69) is 19.9 Å². The fraction of sp³-hybridized carbons (Fsp3) is 0.833. The number of ether oxygens (including phenoxy) is 1. The third-order valence-electron chi connectivity index (χ3n) is 10.9. The van der Waals surface area contributed by atoms with Crippen molar-refractivity contribution < 1.29 is 14.3 Å². The van der Waals surface area contributed by atoms with Crippen LogP contribution in [0, 0.1) is 52.3 Å². The number of rotatable bonds is 0. The zero-order chi connectivity index (χ0) is 18.3. The highest BCUT2D eigenvalue weighted by molar-refractivity contribution is 5.92. The van der Waals surface area contributed by atoms with E-state index >= 15 is 0 Å². The topological polar surface area (TPSA) is 43.4 Å². The van der Waals surface area contributed by atoms with E-state index < -0.39 is 0 Å². The summed E-state index contributed by atoms with van der Waals surface area (Å²) in [6, 6.07) is 0. The van der Waals surface area contributed by atoms with Gasteiger partial charge in [-0.25, -0.2) is 0 Å². The fourth-order valence-corrected chi connectivity index (χ4v) is 9.74. The lowest BCUT2D eigenvalue weighted by molar-refractivity contribution is -0.177. The molecule has 1 heterocycles. The number of hydrogen-bond acceptors (Lipinski definition) is 3. The Bertz CT molecular complexity index is 827. The SMILES string of the molecule is C[C@]12CCC(=O)C=C1[C@@H]1C[C@@H]1C1C2CC[C@@]2(C)C1C1C[C@@H]1[C@@]21CCC(=O)O1. The first kappa shape index (κ1) is 15.8. The van der Waals surface area contributed by atoms with Crippen molar-refractivity contribution in [3.05, 3.63) is 11.6 Å². The molecular formula is C24H30O3. The second kappa shape index (κ2) is 4.39. The van der Waals surface area contributed by atoms with Gasteiger partial charge in [-0.2, -0.15) is 0 Å². The predicted molar refractivity (Wildman–Crippen MR) is 99.5 cm³/mol. The summed E-state index contributed by atoms with van der Waals surface area (Å²) in [6.07, 6.45) is 10.6. The molecule has 0 amide bonds. The quantitative estimate of drug-likeness (QED) is 0.600. The van der Waals surface area contributed by atoms with Crippen molar-refractivity contribution in [3.8, 4) is 0 Å². The second-order valence-corrected chi connectivity index (χ2v) is 11.5. The monoisotopic (exact) mass is 366 g/mol. The van der Waals surface area contributed by atoms with Gasteiger partial charge in [-0.05, 0) is 85.5 Å². The van der Waals surface area contributed by atoms with Gasteiger partial charge in [0.15, 0.2) is 5.78 Å². The molecule has 0 aromatic rings. The first-order chi connectivity index (χ1) is 12.9. The summed E-state index contributed by atoms with van der Waals surface area (Å²) in [7, 11) is 0. The number of ketones is 1. The molecule has 1 aliphatic heterocycles. The summed E-state index contributed by atoms with van der Waals surface area (Å²) in [5.74, 6) is 5.65. The predicted octanol–water partition coefficient (Wildman–Crippen LogP) is 4.31. The normalized spacial score (nSPS) is 62.0. The van der Waals surface area contributed by atoms with Gasteiger partial charge in [-0.15, -0.1) is 0 Å². The molecule has 6 fully saturated rings. The average Bonchev–Trinajstić information content (AvgIpc) is 3.53. The van der Waals surface area contributed by atoms with Crippen LogP contribution in [0.2, 0.25) is 0 Å². The summed E-state index contributed by atoms with van der Waals surface area (Å²) in [6.45, 7) is 4.99. The molecule has 0 aromatic heterocycles. The van der Waals surface area contributed by atoms with Crippen LogP contribution in [0.25, 0.3) is 0 Å². The number of fused-ring (bicyclic) bond motifs is 12. The van der Waals surface area contributed by atoms with Crippen LogP contribution in [-0.4, -0.2) is 17.4 Å². The fourth-order valence-electron chi connectivity index (χ4n) is 9.74. The van der Waals surface area contributed by atoms with E-state index in [-0.39, 0.29) is 22.4 Å². The average molecular weight is 367 g/mol. The summed E-state index contributed by atoms with van der Waals surface area (Å²) < 4.78 is 6.22. The smallest absolute Gasteiger partial charge is 0.306 e. The van der Waals surface area contributed by atoms with E-state index in [1.54, 1.807) is 0 Å². The number of carbonyl (C=O) groups excluding carboxylic acids is 2. The summed E-state index contributed by atoms with van der Waals surface area (Å²) >= 11 is 0. The molecule has 10 atom stereocenters. The summed E-state index contributed by atoms with van der Waals surface area (Å²) in [5.41, 5.74) is 1.85. The minimum Gasteiger partial charge on any atom is -0.458 e. The molecule has 0 radical (unpaired) electrons. The molecule has 3 heteroatoms. The highest BCUT2D eigenvalue weighted by Gasteiger charge is 2.81. The standard InChI is InChI=1S/C24H30O3/c1-22-6-3-12(25)9-17(22)13-10-14(13)20-16(22)4-7-23(2)21(20)15-11-18(15)24(23)8-5-19(26)27-24/h9,13-16,18,20-21H,3-8,10-11H2,1-2H3/t13-,14+,15?,16?,18+,20?,21?,22-,23+,24+/m1/s1. The Balaban J connectivity index is 1.33. The lowest BCUT2D eigenvalue weighted by atomic mass is 9.45. The molecule has 27 heavy (non-hydrogen) atoms. The lowest BCUT2D eigenvalue weighted by Crippen LogP contribution is -2.57. The summed E-state index contributed by atoms with van der Waals surface area (Å²) in [5, 5.41) is 0. The second-order valence-electron chi connectivity index (χ2n) is 11.5. The molecule has 144 valence electrons. The van der Waals surface area contributed by atoms with Crippen LogP contribution in [0.15, 0.2) is 11.6 Å². The molecule has 0 N–H and O–H groups in total. The van der Waals surface area contributed by atoms with E-state index in [9.17, 15) is 9.59 Å². The Labute approximate surface area is 161 Å². The van der Waals surface area contributed by atoms with Gasteiger partial charge >= 0.3 is 5.97 Å². The van der Waals surface area contributed by atoms with Crippen molar-refractivity contribution in [2.75, 3.05) is 0 Å². The molecular weight excluding hydrogens is 336 g/mol. The van der Waals surface area contributed by atoms with Crippen LogP contribution < -0.4 is 0 Å². The number of esters is 1. The Morgan fingerprint density at radius 3 is 2.63 bits per heavy atom. The van der Waals surface area contributed by atoms with Crippen LogP contribution in [0.1, 0.15) is 65.2 Å². The Morgan fingerprint density at radius 2 is 1.85 bits per heavy atom. The van der Waals surface area contributed by atoms with Gasteiger partial charge in [0.05, 0.1) is 0 Å². The van der Waals surface area contributed by atoms with E-state index in [1.165, 1.54) is 31.3 Å². The van der Waals surface area contributed by atoms with Crippen LogP contribution in [0.4, 0.5) is 0 Å². The van der Waals surface area contributed by atoms with Gasteiger partial charge in [-0.3, -0.25) is 9.59 Å². The number of carbonyl (C=O) groups is 2. The van der Waals surface area contributed by atoms with Crippen molar-refractivity contribution in [3.63, 3.8) is 0 Å². The van der Waals surface area contributed by atoms with Crippen LogP contribution in [-0.2, 0) is 14.3 Å². The van der Waals surface area contributed by atoms with Crippen LogP contribution in [0.3, 0.4) is 0 Å². The van der Waals surface area contributed by atoms with E-state index in [0.29, 0.717) is 24.0 Å². The van der Waals surface area contributed by atoms with Gasteiger partial charge in [0.1, 0.15) is 5.60 Å².